The second-order valence-electron chi connectivity index (χ2n) is 7.33. The average molecular weight is 476 g/mol. The number of fused-ring (bicyclic) bond motifs is 1. The molecule has 1 aliphatic heterocycles. The molecule has 4 nitrogen and oxygen atoms in total. The first-order valence-corrected chi connectivity index (χ1v) is 11.7. The van der Waals surface area contributed by atoms with E-state index in [1.165, 1.54) is 15.4 Å². The molecule has 1 aliphatic rings. The van der Waals surface area contributed by atoms with E-state index in [0.717, 1.165) is 27.6 Å². The molecule has 1 N–H and O–H groups in total. The first kappa shape index (κ1) is 24.5. The van der Waals surface area contributed by atoms with E-state index in [-0.39, 0.29) is 5.91 Å². The summed E-state index contributed by atoms with van der Waals surface area (Å²) in [5.74, 6) is -0.00758. The van der Waals surface area contributed by atoms with Gasteiger partial charge in [-0.1, -0.05) is 59.8 Å². The molecule has 1 amide bonds. The number of aliphatic imine (C=N–C) groups is 1. The van der Waals surface area contributed by atoms with Gasteiger partial charge in [0.05, 0.1) is 5.71 Å². The first-order chi connectivity index (χ1) is 16.0. The number of benzene rings is 2. The predicted molar refractivity (Wildman–Crippen MR) is 139 cm³/mol. The minimum absolute atomic E-state index is 0.00758. The summed E-state index contributed by atoms with van der Waals surface area (Å²) in [5, 5.41) is 3.51. The third-order valence-electron chi connectivity index (χ3n) is 4.88. The number of nitrogens with one attached hydrogen (secondary N) is 1. The van der Waals surface area contributed by atoms with Crippen LogP contribution in [0, 0.1) is 0 Å². The monoisotopic (exact) mass is 475 g/mol. The van der Waals surface area contributed by atoms with Crippen LogP contribution < -0.4 is 5.32 Å². The van der Waals surface area contributed by atoms with Gasteiger partial charge in [-0.3, -0.25) is 14.8 Å². The Balaban J connectivity index is 0.000000205. The van der Waals surface area contributed by atoms with Crippen LogP contribution in [-0.2, 0) is 11.3 Å². The molecule has 2 aromatic carbocycles. The number of nitrogens with zero attached hydrogens (tertiary/aromatic N) is 2. The highest BCUT2D eigenvalue weighted by Crippen LogP contribution is 2.36. The van der Waals surface area contributed by atoms with Crippen molar-refractivity contribution in [3.8, 4) is 0 Å². The fraction of sp³-hybridized carbons (Fsp3) is 0.148. The van der Waals surface area contributed by atoms with Crippen molar-refractivity contribution >= 4 is 35.0 Å². The Kier molecular flexibility index (Phi) is 9.04. The molecule has 168 valence electrons. The van der Waals surface area contributed by atoms with Crippen LogP contribution in [0.4, 0.5) is 0 Å². The Morgan fingerprint density at radius 3 is 2.45 bits per heavy atom. The number of thioether (sulfide) groups is 1. The van der Waals surface area contributed by atoms with Gasteiger partial charge in [0.2, 0.25) is 5.91 Å². The fourth-order valence-corrected chi connectivity index (χ4v) is 4.10. The predicted octanol–water partition coefficient (Wildman–Crippen LogP) is 6.81. The van der Waals surface area contributed by atoms with Crippen LogP contribution in [0.5, 0.6) is 0 Å². The molecule has 2 heterocycles. The molecule has 1 aromatic heterocycles. The number of carbonyl (C=O) groups excluding carboxylic acids is 1. The van der Waals surface area contributed by atoms with Gasteiger partial charge < -0.3 is 5.32 Å². The summed E-state index contributed by atoms with van der Waals surface area (Å²) in [7, 11) is 0. The lowest BCUT2D eigenvalue weighted by Crippen LogP contribution is -2.21. The van der Waals surface area contributed by atoms with Gasteiger partial charge in [-0.25, -0.2) is 0 Å². The minimum Gasteiger partial charge on any atom is -0.352 e. The summed E-state index contributed by atoms with van der Waals surface area (Å²) in [4.78, 5) is 22.2. The van der Waals surface area contributed by atoms with Gasteiger partial charge in [0.1, 0.15) is 0 Å². The Bertz CT molecular complexity index is 1170. The minimum atomic E-state index is -0.00758. The Labute approximate surface area is 204 Å². The number of carbonyl (C=O) groups is 1. The lowest BCUT2D eigenvalue weighted by atomic mass is 10.0. The topological polar surface area (TPSA) is 54.4 Å². The molecule has 0 fully saturated rings. The van der Waals surface area contributed by atoms with E-state index in [1.54, 1.807) is 30.2 Å². The summed E-state index contributed by atoms with van der Waals surface area (Å²) >= 11 is 7.76. The second kappa shape index (κ2) is 12.2. The van der Waals surface area contributed by atoms with E-state index in [1.807, 2.05) is 36.4 Å². The maximum Gasteiger partial charge on any atom is 0.224 e. The molecule has 0 saturated heterocycles. The summed E-state index contributed by atoms with van der Waals surface area (Å²) in [6.07, 6.45) is 5.36. The van der Waals surface area contributed by atoms with Crippen LogP contribution in [0.3, 0.4) is 0 Å². The van der Waals surface area contributed by atoms with E-state index < -0.39 is 0 Å². The van der Waals surface area contributed by atoms with E-state index in [2.05, 4.69) is 55.0 Å². The van der Waals surface area contributed by atoms with Crippen molar-refractivity contribution < 1.29 is 4.79 Å². The molecule has 6 heteroatoms. The standard InChI is InChI=1S/C17H14ClNS.C10H12N2O/c1-11-12(2)20-16-6-4-3-5-15(16)17(19-11)13-7-9-14(18)10-8-13;1-2-3-10(13)12-8-9-4-6-11-7-5-9/h3-10H,1-2H3;2,4-7H,1,3,8H2,(H,12,13). The summed E-state index contributed by atoms with van der Waals surface area (Å²) < 4.78 is 0. The molecule has 3 aromatic rings. The highest BCUT2D eigenvalue weighted by Gasteiger charge is 2.16. The smallest absolute Gasteiger partial charge is 0.224 e. The van der Waals surface area contributed by atoms with Crippen LogP contribution in [0.2, 0.25) is 5.02 Å². The van der Waals surface area contributed by atoms with Crippen molar-refractivity contribution in [2.24, 2.45) is 4.99 Å². The van der Waals surface area contributed by atoms with Crippen LogP contribution in [0.1, 0.15) is 37.0 Å². The molecule has 0 bridgehead atoms. The first-order valence-electron chi connectivity index (χ1n) is 10.5. The zero-order chi connectivity index (χ0) is 23.6. The normalized spacial score (nSPS) is 12.5. The Hall–Kier alpha value is -3.15. The summed E-state index contributed by atoms with van der Waals surface area (Å²) in [6, 6.07) is 20.0. The number of hydrogen-bond acceptors (Lipinski definition) is 4. The molecule has 4 rings (SSSR count). The van der Waals surface area contributed by atoms with Crippen LogP contribution >= 0.6 is 23.4 Å². The Morgan fingerprint density at radius 2 is 1.76 bits per heavy atom. The maximum absolute atomic E-state index is 11.0. The van der Waals surface area contributed by atoms with E-state index in [9.17, 15) is 4.79 Å². The fourth-order valence-electron chi connectivity index (χ4n) is 3.03. The average Bonchev–Trinajstić information content (AvgIpc) is 2.95. The number of aromatic nitrogens is 1. The van der Waals surface area contributed by atoms with Gasteiger partial charge in [-0.15, -0.1) is 6.58 Å². The molecule has 33 heavy (non-hydrogen) atoms. The van der Waals surface area contributed by atoms with Gasteiger partial charge in [0, 0.05) is 57.0 Å². The van der Waals surface area contributed by atoms with Crippen molar-refractivity contribution in [2.75, 3.05) is 0 Å². The molecule has 0 aliphatic carbocycles. The zero-order valence-electron chi connectivity index (χ0n) is 18.7. The van der Waals surface area contributed by atoms with Gasteiger partial charge in [-0.05, 0) is 49.7 Å². The van der Waals surface area contributed by atoms with Crippen molar-refractivity contribution in [1.29, 1.82) is 0 Å². The third-order valence-corrected chi connectivity index (χ3v) is 6.31. The summed E-state index contributed by atoms with van der Waals surface area (Å²) in [5.41, 5.74) is 5.40. The highest BCUT2D eigenvalue weighted by atomic mass is 35.5. The van der Waals surface area contributed by atoms with Crippen LogP contribution in [0.25, 0.3) is 0 Å². The van der Waals surface area contributed by atoms with Gasteiger partial charge >= 0.3 is 0 Å². The molecule has 0 spiro atoms. The van der Waals surface area contributed by atoms with Gasteiger partial charge in [0.25, 0.3) is 0 Å². The molecule has 0 radical (unpaired) electrons. The molecular weight excluding hydrogens is 450 g/mol. The highest BCUT2D eigenvalue weighted by molar-refractivity contribution is 8.03. The number of hydrogen-bond donors (Lipinski definition) is 1. The molecule has 0 saturated carbocycles. The number of pyridine rings is 1. The SMILES string of the molecule is C=CCC(=O)NCc1ccncc1.CC1=C(C)Sc2ccccc2C(c2ccc(Cl)cc2)=N1. The largest absolute Gasteiger partial charge is 0.352 e. The summed E-state index contributed by atoms with van der Waals surface area (Å²) in [6.45, 7) is 8.21. The number of rotatable bonds is 5. The quantitative estimate of drug-likeness (QED) is 0.412. The van der Waals surface area contributed by atoms with Crippen molar-refractivity contribution in [3.63, 3.8) is 0 Å². The van der Waals surface area contributed by atoms with E-state index >= 15 is 0 Å². The lowest BCUT2D eigenvalue weighted by Gasteiger charge is -2.09. The van der Waals surface area contributed by atoms with E-state index in [0.29, 0.717) is 13.0 Å². The molecule has 0 unspecified atom stereocenters. The van der Waals surface area contributed by atoms with Crippen molar-refractivity contribution in [2.45, 2.75) is 31.7 Å². The number of amides is 1. The Morgan fingerprint density at radius 1 is 1.06 bits per heavy atom. The van der Waals surface area contributed by atoms with Crippen molar-refractivity contribution in [3.05, 3.63) is 118 Å². The molecule has 0 atom stereocenters. The number of halogens is 1. The lowest BCUT2D eigenvalue weighted by molar-refractivity contribution is -0.120. The van der Waals surface area contributed by atoms with Crippen LogP contribution in [0.15, 0.2) is 106 Å². The van der Waals surface area contributed by atoms with Gasteiger partial charge in [-0.2, -0.15) is 0 Å². The maximum atomic E-state index is 11.0. The van der Waals surface area contributed by atoms with Gasteiger partial charge in [0.15, 0.2) is 0 Å². The van der Waals surface area contributed by atoms with Crippen LogP contribution in [-0.4, -0.2) is 16.6 Å². The van der Waals surface area contributed by atoms with Crippen molar-refractivity contribution in [1.82, 2.24) is 10.3 Å². The zero-order valence-corrected chi connectivity index (χ0v) is 20.3. The number of allylic oxidation sites excluding steroid dienone is 2. The molecular formula is C27H26ClN3OS. The second-order valence-corrected chi connectivity index (χ2v) is 9.02. The third kappa shape index (κ3) is 7.17. The van der Waals surface area contributed by atoms with E-state index in [4.69, 9.17) is 16.6 Å².